The largest absolute Gasteiger partial charge is 0.228 e. The van der Waals surface area contributed by atoms with Gasteiger partial charge < -0.3 is 0 Å². The van der Waals surface area contributed by atoms with Crippen LogP contribution in [0, 0.1) is 18.3 Å². The van der Waals surface area contributed by atoms with Gasteiger partial charge in [0.1, 0.15) is 0 Å². The van der Waals surface area contributed by atoms with Gasteiger partial charge in [-0.2, -0.15) is 5.26 Å². The van der Waals surface area contributed by atoms with Crippen molar-refractivity contribution < 1.29 is 0 Å². The molecule has 0 aliphatic heterocycles. The van der Waals surface area contributed by atoms with Crippen LogP contribution >= 0.6 is 12.2 Å². The van der Waals surface area contributed by atoms with E-state index in [1.807, 2.05) is 25.1 Å². The average Bonchev–Trinajstić information content (AvgIpc) is 2.16. The zero-order valence-electron chi connectivity index (χ0n) is 7.24. The minimum absolute atomic E-state index is 0.437. The fourth-order valence-corrected chi connectivity index (χ4v) is 1.11. The number of isothiocyanates is 1. The highest BCUT2D eigenvalue weighted by Crippen LogP contribution is 2.11. The number of aliphatic imine (C=N–C) groups is 1. The molecule has 0 bridgehead atoms. The van der Waals surface area contributed by atoms with Crippen LogP contribution in [0.1, 0.15) is 16.7 Å². The van der Waals surface area contributed by atoms with Crippen LogP contribution in [0.2, 0.25) is 0 Å². The van der Waals surface area contributed by atoms with Crippen molar-refractivity contribution >= 4 is 17.4 Å². The summed E-state index contributed by atoms with van der Waals surface area (Å²) in [6.07, 6.45) is 0. The highest BCUT2D eigenvalue weighted by molar-refractivity contribution is 7.78. The van der Waals surface area contributed by atoms with E-state index in [1.165, 1.54) is 0 Å². The van der Waals surface area contributed by atoms with Crippen LogP contribution in [0.3, 0.4) is 0 Å². The number of nitriles is 1. The summed E-state index contributed by atoms with van der Waals surface area (Å²) in [4.78, 5) is 3.79. The number of thiocarbonyl (C=S) groups is 1. The Hall–Kier alpha value is -1.49. The molecule has 3 heteroatoms. The molecule has 0 aliphatic carbocycles. The monoisotopic (exact) mass is 188 g/mol. The Labute approximate surface area is 82.5 Å². The Morgan fingerprint density at radius 2 is 2.31 bits per heavy atom. The normalized spacial score (nSPS) is 8.62. The molecule has 2 nitrogen and oxygen atoms in total. The Kier molecular flexibility index (Phi) is 3.33. The first-order chi connectivity index (χ1) is 6.27. The maximum absolute atomic E-state index is 8.80. The van der Waals surface area contributed by atoms with Crippen molar-refractivity contribution in [2.75, 3.05) is 0 Å². The van der Waals surface area contributed by atoms with Gasteiger partial charge in [0.2, 0.25) is 0 Å². The number of aryl methyl sites for hydroxylation is 1. The quantitative estimate of drug-likeness (QED) is 0.528. The second-order valence-electron chi connectivity index (χ2n) is 2.68. The predicted octanol–water partition coefficient (Wildman–Crippen LogP) is 2.47. The van der Waals surface area contributed by atoms with Gasteiger partial charge in [0.05, 0.1) is 23.3 Å². The van der Waals surface area contributed by atoms with Gasteiger partial charge in [-0.15, -0.1) is 0 Å². The Morgan fingerprint density at radius 3 is 2.92 bits per heavy atom. The molecule has 0 unspecified atom stereocenters. The van der Waals surface area contributed by atoms with E-state index in [4.69, 9.17) is 5.26 Å². The average molecular weight is 188 g/mol. The van der Waals surface area contributed by atoms with Gasteiger partial charge in [0, 0.05) is 0 Å². The third-order valence-electron chi connectivity index (χ3n) is 1.70. The topological polar surface area (TPSA) is 36.1 Å². The fraction of sp³-hybridized carbons (Fsp3) is 0.200. The third kappa shape index (κ3) is 2.48. The number of hydrogen-bond acceptors (Lipinski definition) is 3. The van der Waals surface area contributed by atoms with Gasteiger partial charge in [-0.1, -0.05) is 12.1 Å². The minimum Gasteiger partial charge on any atom is -0.228 e. The zero-order valence-corrected chi connectivity index (χ0v) is 8.06. The van der Waals surface area contributed by atoms with E-state index >= 15 is 0 Å². The SMILES string of the molecule is Cc1ccc(CN=C=S)c(C#N)c1. The van der Waals surface area contributed by atoms with E-state index < -0.39 is 0 Å². The first kappa shape index (κ1) is 9.60. The van der Waals surface area contributed by atoms with E-state index in [0.29, 0.717) is 12.1 Å². The van der Waals surface area contributed by atoms with Gasteiger partial charge in [0.25, 0.3) is 0 Å². The molecule has 0 spiro atoms. The van der Waals surface area contributed by atoms with Gasteiger partial charge in [0.15, 0.2) is 0 Å². The molecule has 1 aromatic carbocycles. The predicted molar refractivity (Wildman–Crippen MR) is 54.6 cm³/mol. The van der Waals surface area contributed by atoms with Crippen LogP contribution in [0.4, 0.5) is 0 Å². The summed E-state index contributed by atoms with van der Waals surface area (Å²) in [6.45, 7) is 2.39. The molecular weight excluding hydrogens is 180 g/mol. The van der Waals surface area contributed by atoms with Crippen LogP contribution < -0.4 is 0 Å². The second kappa shape index (κ2) is 4.51. The lowest BCUT2D eigenvalue weighted by molar-refractivity contribution is 1.07. The van der Waals surface area contributed by atoms with Crippen molar-refractivity contribution in [1.82, 2.24) is 0 Å². The van der Waals surface area contributed by atoms with Crippen molar-refractivity contribution in [2.24, 2.45) is 4.99 Å². The van der Waals surface area contributed by atoms with Crippen LogP contribution in [0.5, 0.6) is 0 Å². The summed E-state index contributed by atoms with van der Waals surface area (Å²) in [6, 6.07) is 7.81. The number of nitrogens with zero attached hydrogens (tertiary/aromatic N) is 2. The molecule has 0 heterocycles. The minimum atomic E-state index is 0.437. The van der Waals surface area contributed by atoms with E-state index in [1.54, 1.807) is 0 Å². The number of rotatable bonds is 2. The van der Waals surface area contributed by atoms with Crippen molar-refractivity contribution in [2.45, 2.75) is 13.5 Å². The molecular formula is C10H8N2S. The lowest BCUT2D eigenvalue weighted by Crippen LogP contribution is -1.88. The summed E-state index contributed by atoms with van der Waals surface area (Å²) in [7, 11) is 0. The van der Waals surface area contributed by atoms with Crippen molar-refractivity contribution in [3.63, 3.8) is 0 Å². The molecule has 0 atom stereocenters. The highest BCUT2D eigenvalue weighted by atomic mass is 32.1. The van der Waals surface area contributed by atoms with E-state index in [2.05, 4.69) is 28.4 Å². The molecule has 0 aromatic heterocycles. The summed E-state index contributed by atoms with van der Waals surface area (Å²) in [5.41, 5.74) is 2.63. The molecule has 0 fully saturated rings. The lowest BCUT2D eigenvalue weighted by Gasteiger charge is -1.99. The van der Waals surface area contributed by atoms with Gasteiger partial charge in [-0.05, 0) is 36.3 Å². The Morgan fingerprint density at radius 1 is 1.54 bits per heavy atom. The van der Waals surface area contributed by atoms with Crippen LogP contribution in [-0.4, -0.2) is 5.16 Å². The smallest absolute Gasteiger partial charge is 0.0995 e. The standard InChI is InChI=1S/C10H8N2S/c1-8-2-3-9(6-12-7-13)10(4-8)5-11/h2-4H,6H2,1H3. The van der Waals surface area contributed by atoms with E-state index in [9.17, 15) is 0 Å². The molecule has 1 aromatic rings. The van der Waals surface area contributed by atoms with Gasteiger partial charge in [-0.25, -0.2) is 4.99 Å². The molecule has 0 N–H and O–H groups in total. The lowest BCUT2D eigenvalue weighted by atomic mass is 10.1. The molecule has 64 valence electrons. The first-order valence-corrected chi connectivity index (χ1v) is 4.22. The van der Waals surface area contributed by atoms with Gasteiger partial charge in [-0.3, -0.25) is 0 Å². The number of hydrogen-bond donors (Lipinski definition) is 0. The molecule has 0 saturated heterocycles. The molecule has 0 saturated carbocycles. The van der Waals surface area contributed by atoms with Crippen molar-refractivity contribution in [3.05, 3.63) is 34.9 Å². The van der Waals surface area contributed by atoms with Gasteiger partial charge >= 0.3 is 0 Å². The molecule has 0 aliphatic rings. The van der Waals surface area contributed by atoms with E-state index in [-0.39, 0.29) is 0 Å². The highest BCUT2D eigenvalue weighted by Gasteiger charge is 1.99. The van der Waals surface area contributed by atoms with Crippen molar-refractivity contribution in [3.8, 4) is 6.07 Å². The summed E-state index contributed by atoms with van der Waals surface area (Å²) in [5.74, 6) is 0. The van der Waals surface area contributed by atoms with Crippen molar-refractivity contribution in [1.29, 1.82) is 5.26 Å². The van der Waals surface area contributed by atoms with Crippen LogP contribution in [-0.2, 0) is 6.54 Å². The molecule has 1 rings (SSSR count). The molecule has 0 amide bonds. The second-order valence-corrected chi connectivity index (χ2v) is 2.86. The zero-order chi connectivity index (χ0) is 9.68. The number of benzene rings is 1. The van der Waals surface area contributed by atoms with Crippen LogP contribution in [0.15, 0.2) is 23.2 Å². The summed E-state index contributed by atoms with van der Waals surface area (Å²) < 4.78 is 0. The maximum atomic E-state index is 8.80. The van der Waals surface area contributed by atoms with E-state index in [0.717, 1.165) is 11.1 Å². The molecule has 13 heavy (non-hydrogen) atoms. The Bertz CT molecular complexity index is 398. The van der Waals surface area contributed by atoms with Crippen LogP contribution in [0.25, 0.3) is 0 Å². The fourth-order valence-electron chi connectivity index (χ4n) is 1.05. The molecule has 0 radical (unpaired) electrons. The first-order valence-electron chi connectivity index (χ1n) is 3.81. The summed E-state index contributed by atoms with van der Waals surface area (Å²) >= 11 is 4.46. The third-order valence-corrected chi connectivity index (χ3v) is 1.83. The summed E-state index contributed by atoms with van der Waals surface area (Å²) in [5, 5.41) is 11.1. The maximum Gasteiger partial charge on any atom is 0.0995 e. The Balaban J connectivity index is 3.07.